The fourth-order valence-electron chi connectivity index (χ4n) is 2.34. The van der Waals surface area contributed by atoms with Crippen LogP contribution in [0.15, 0.2) is 0 Å². The van der Waals surface area contributed by atoms with Crippen LogP contribution in [0, 0.1) is 11.3 Å². The third-order valence-electron chi connectivity index (χ3n) is 3.79. The number of ether oxygens (including phenoxy) is 2. The van der Waals surface area contributed by atoms with Crippen LogP contribution in [0.1, 0.15) is 33.6 Å². The highest BCUT2D eigenvalue weighted by atomic mass is 35.5. The van der Waals surface area contributed by atoms with Crippen molar-refractivity contribution in [2.45, 2.75) is 45.8 Å². The molecule has 0 radical (unpaired) electrons. The van der Waals surface area contributed by atoms with Gasteiger partial charge in [-0.1, -0.05) is 20.8 Å². The fourth-order valence-corrected chi connectivity index (χ4v) is 2.34. The molecular formula is C14H29ClN2O3. The minimum Gasteiger partial charge on any atom is -0.381 e. The van der Waals surface area contributed by atoms with Crippen LogP contribution < -0.4 is 11.1 Å². The van der Waals surface area contributed by atoms with Gasteiger partial charge in [-0.05, 0) is 24.2 Å². The maximum absolute atomic E-state index is 12.1. The van der Waals surface area contributed by atoms with Crippen molar-refractivity contribution in [2.24, 2.45) is 17.1 Å². The van der Waals surface area contributed by atoms with Gasteiger partial charge >= 0.3 is 0 Å². The van der Waals surface area contributed by atoms with E-state index in [1.165, 1.54) is 0 Å². The van der Waals surface area contributed by atoms with Crippen molar-refractivity contribution in [1.29, 1.82) is 0 Å². The highest BCUT2D eigenvalue weighted by Crippen LogP contribution is 2.21. The Bertz CT molecular complexity index is 289. The van der Waals surface area contributed by atoms with E-state index in [1.807, 2.05) is 0 Å². The molecule has 1 aliphatic heterocycles. The molecule has 1 heterocycles. The van der Waals surface area contributed by atoms with Gasteiger partial charge in [-0.3, -0.25) is 4.79 Å². The predicted octanol–water partition coefficient (Wildman–Crippen LogP) is 1.34. The standard InChI is InChI=1S/C14H28N2O3.ClH/c1-14(2,3)11(18-4)9-16-13(17)12(15)10-5-7-19-8-6-10;/h10-12H,5-9,15H2,1-4H3,(H,16,17);1H. The molecule has 1 rings (SSSR count). The summed E-state index contributed by atoms with van der Waals surface area (Å²) in [6.45, 7) is 8.17. The Morgan fingerprint density at radius 2 is 1.95 bits per heavy atom. The molecule has 2 unspecified atom stereocenters. The molecule has 120 valence electrons. The lowest BCUT2D eigenvalue weighted by Gasteiger charge is -2.31. The van der Waals surface area contributed by atoms with Gasteiger partial charge in [-0.25, -0.2) is 0 Å². The summed E-state index contributed by atoms with van der Waals surface area (Å²) in [5.41, 5.74) is 6.01. The van der Waals surface area contributed by atoms with E-state index in [1.54, 1.807) is 7.11 Å². The average Bonchev–Trinajstić information content (AvgIpc) is 2.37. The summed E-state index contributed by atoms with van der Waals surface area (Å²) in [6, 6.07) is -0.443. The second-order valence-electron chi connectivity index (χ2n) is 6.31. The second kappa shape index (κ2) is 8.82. The van der Waals surface area contributed by atoms with Gasteiger partial charge in [0, 0.05) is 26.9 Å². The molecule has 5 nitrogen and oxygen atoms in total. The van der Waals surface area contributed by atoms with Crippen molar-refractivity contribution < 1.29 is 14.3 Å². The second-order valence-corrected chi connectivity index (χ2v) is 6.31. The van der Waals surface area contributed by atoms with Crippen molar-refractivity contribution >= 4 is 18.3 Å². The van der Waals surface area contributed by atoms with Crippen LogP contribution in [0.4, 0.5) is 0 Å². The molecule has 1 fully saturated rings. The molecule has 0 saturated carbocycles. The third-order valence-corrected chi connectivity index (χ3v) is 3.79. The zero-order chi connectivity index (χ0) is 14.5. The summed E-state index contributed by atoms with van der Waals surface area (Å²) in [5.74, 6) is 0.141. The average molecular weight is 309 g/mol. The zero-order valence-corrected chi connectivity index (χ0v) is 13.8. The predicted molar refractivity (Wildman–Crippen MR) is 82.0 cm³/mol. The molecule has 2 atom stereocenters. The number of carbonyl (C=O) groups excluding carboxylic acids is 1. The van der Waals surface area contributed by atoms with Gasteiger partial charge in [0.15, 0.2) is 0 Å². The smallest absolute Gasteiger partial charge is 0.237 e. The van der Waals surface area contributed by atoms with E-state index in [2.05, 4.69) is 26.1 Å². The van der Waals surface area contributed by atoms with Crippen molar-refractivity contribution in [3.05, 3.63) is 0 Å². The largest absolute Gasteiger partial charge is 0.381 e. The molecule has 1 amide bonds. The quantitative estimate of drug-likeness (QED) is 0.804. The highest BCUT2D eigenvalue weighted by molar-refractivity contribution is 5.85. The van der Waals surface area contributed by atoms with Crippen molar-refractivity contribution in [2.75, 3.05) is 26.9 Å². The summed E-state index contributed by atoms with van der Waals surface area (Å²) in [4.78, 5) is 12.1. The van der Waals surface area contributed by atoms with Gasteiger partial charge in [0.1, 0.15) is 0 Å². The van der Waals surface area contributed by atoms with Gasteiger partial charge in [0.05, 0.1) is 12.1 Å². The molecule has 0 aliphatic carbocycles. The first-order valence-electron chi connectivity index (χ1n) is 7.00. The number of halogens is 1. The van der Waals surface area contributed by atoms with Crippen molar-refractivity contribution in [3.63, 3.8) is 0 Å². The fraction of sp³-hybridized carbons (Fsp3) is 0.929. The number of rotatable bonds is 5. The summed E-state index contributed by atoms with van der Waals surface area (Å²) in [7, 11) is 1.67. The Labute approximate surface area is 128 Å². The summed E-state index contributed by atoms with van der Waals surface area (Å²) in [6.07, 6.45) is 1.71. The Kier molecular flexibility index (Phi) is 8.66. The van der Waals surface area contributed by atoms with Crippen molar-refractivity contribution in [3.8, 4) is 0 Å². The summed E-state index contributed by atoms with van der Waals surface area (Å²) < 4.78 is 10.7. The van der Waals surface area contributed by atoms with E-state index >= 15 is 0 Å². The molecule has 0 spiro atoms. The van der Waals surface area contributed by atoms with Crippen molar-refractivity contribution in [1.82, 2.24) is 5.32 Å². The maximum atomic E-state index is 12.1. The Balaban J connectivity index is 0.00000361. The van der Waals surface area contributed by atoms with Crippen LogP contribution in [0.25, 0.3) is 0 Å². The topological polar surface area (TPSA) is 73.6 Å². The van der Waals surface area contributed by atoms with Gasteiger partial charge in [-0.15, -0.1) is 12.4 Å². The number of methoxy groups -OCH3 is 1. The maximum Gasteiger partial charge on any atom is 0.237 e. The third kappa shape index (κ3) is 5.95. The Morgan fingerprint density at radius 1 is 1.40 bits per heavy atom. The monoisotopic (exact) mass is 308 g/mol. The molecule has 1 aliphatic rings. The minimum absolute atomic E-state index is 0. The normalized spacial score (nSPS) is 19.9. The molecule has 20 heavy (non-hydrogen) atoms. The zero-order valence-electron chi connectivity index (χ0n) is 13.0. The first kappa shape index (κ1) is 19.6. The molecule has 6 heteroatoms. The van der Waals surface area contributed by atoms with Crippen LogP contribution in [-0.4, -0.2) is 44.9 Å². The Morgan fingerprint density at radius 3 is 2.40 bits per heavy atom. The first-order valence-corrected chi connectivity index (χ1v) is 7.00. The molecule has 3 N–H and O–H groups in total. The first-order chi connectivity index (χ1) is 8.86. The highest BCUT2D eigenvalue weighted by Gasteiger charge is 2.29. The molecule has 0 aromatic heterocycles. The lowest BCUT2D eigenvalue weighted by molar-refractivity contribution is -0.125. The molecule has 0 aromatic rings. The van der Waals surface area contributed by atoms with E-state index < -0.39 is 6.04 Å². The van der Waals surface area contributed by atoms with E-state index in [9.17, 15) is 4.79 Å². The number of hydrogen-bond donors (Lipinski definition) is 2. The van der Waals surface area contributed by atoms with Crippen LogP contribution in [-0.2, 0) is 14.3 Å². The SMILES string of the molecule is COC(CNC(=O)C(N)C1CCOCC1)C(C)(C)C.Cl. The van der Waals surface area contributed by atoms with Gasteiger partial charge in [0.2, 0.25) is 5.91 Å². The number of amides is 1. The number of hydrogen-bond acceptors (Lipinski definition) is 4. The van der Waals surface area contributed by atoms with Gasteiger partial charge in [-0.2, -0.15) is 0 Å². The molecular weight excluding hydrogens is 280 g/mol. The number of carbonyl (C=O) groups is 1. The van der Waals surface area contributed by atoms with Crippen LogP contribution in [0.2, 0.25) is 0 Å². The van der Waals surface area contributed by atoms with E-state index in [4.69, 9.17) is 15.2 Å². The summed E-state index contributed by atoms with van der Waals surface area (Å²) >= 11 is 0. The van der Waals surface area contributed by atoms with E-state index in [-0.39, 0.29) is 35.8 Å². The van der Waals surface area contributed by atoms with Crippen LogP contribution >= 0.6 is 12.4 Å². The van der Waals surface area contributed by atoms with Crippen LogP contribution in [0.3, 0.4) is 0 Å². The van der Waals surface area contributed by atoms with Gasteiger partial charge < -0.3 is 20.5 Å². The minimum atomic E-state index is -0.443. The lowest BCUT2D eigenvalue weighted by Crippen LogP contribution is -2.50. The number of nitrogens with one attached hydrogen (secondary N) is 1. The number of nitrogens with two attached hydrogens (primary N) is 1. The van der Waals surface area contributed by atoms with E-state index in [0.29, 0.717) is 19.8 Å². The summed E-state index contributed by atoms with van der Waals surface area (Å²) in [5, 5.41) is 2.91. The Hall–Kier alpha value is -0.360. The lowest BCUT2D eigenvalue weighted by atomic mass is 9.88. The van der Waals surface area contributed by atoms with Crippen LogP contribution in [0.5, 0.6) is 0 Å². The van der Waals surface area contributed by atoms with Gasteiger partial charge in [0.25, 0.3) is 0 Å². The molecule has 0 bridgehead atoms. The van der Waals surface area contributed by atoms with E-state index in [0.717, 1.165) is 12.8 Å². The molecule has 0 aromatic carbocycles. The molecule has 1 saturated heterocycles.